The fourth-order valence-electron chi connectivity index (χ4n) is 1.51. The van der Waals surface area contributed by atoms with Crippen LogP contribution in [0.1, 0.15) is 5.56 Å². The van der Waals surface area contributed by atoms with Crippen LogP contribution in [0.2, 0.25) is 0 Å². The quantitative estimate of drug-likeness (QED) is 0.837. The molecule has 17 heavy (non-hydrogen) atoms. The highest BCUT2D eigenvalue weighted by Crippen LogP contribution is 2.32. The fourth-order valence-corrected chi connectivity index (χ4v) is 2.43. The van der Waals surface area contributed by atoms with Gasteiger partial charge in [0, 0.05) is 21.5 Å². The number of nitrogens with two attached hydrogens (primary N) is 1. The standard InChI is InChI=1S/C14H15NOS/c1-10-3-5-13(6-4-10)17-14-8-11(15)7-12(9-14)16-2/h3-9H,15H2,1-2H3. The number of benzene rings is 2. The van der Waals surface area contributed by atoms with Crippen molar-refractivity contribution in [1.29, 1.82) is 0 Å². The van der Waals surface area contributed by atoms with Gasteiger partial charge in [0.05, 0.1) is 7.11 Å². The number of anilines is 1. The minimum absolute atomic E-state index is 0.721. The number of aryl methyl sites for hydroxylation is 1. The SMILES string of the molecule is COc1cc(N)cc(Sc2ccc(C)cc2)c1. The molecule has 0 aliphatic heterocycles. The van der Waals surface area contributed by atoms with Crippen LogP contribution in [0.3, 0.4) is 0 Å². The van der Waals surface area contributed by atoms with Crippen molar-refractivity contribution in [2.45, 2.75) is 16.7 Å². The van der Waals surface area contributed by atoms with Gasteiger partial charge >= 0.3 is 0 Å². The first-order chi connectivity index (χ1) is 8.17. The summed E-state index contributed by atoms with van der Waals surface area (Å²) in [6, 6.07) is 14.2. The molecule has 2 nitrogen and oxygen atoms in total. The zero-order valence-corrected chi connectivity index (χ0v) is 10.8. The lowest BCUT2D eigenvalue weighted by Gasteiger charge is -2.06. The summed E-state index contributed by atoms with van der Waals surface area (Å²) in [5.74, 6) is 0.791. The summed E-state index contributed by atoms with van der Waals surface area (Å²) in [4.78, 5) is 2.29. The van der Waals surface area contributed by atoms with Crippen molar-refractivity contribution in [2.75, 3.05) is 12.8 Å². The maximum atomic E-state index is 5.82. The maximum Gasteiger partial charge on any atom is 0.122 e. The average Bonchev–Trinajstić information content (AvgIpc) is 2.31. The molecule has 0 bridgehead atoms. The van der Waals surface area contributed by atoms with E-state index in [-0.39, 0.29) is 0 Å². The van der Waals surface area contributed by atoms with Crippen LogP contribution in [0.4, 0.5) is 5.69 Å². The summed E-state index contributed by atoms with van der Waals surface area (Å²) in [5.41, 5.74) is 7.80. The Morgan fingerprint density at radius 3 is 2.35 bits per heavy atom. The summed E-state index contributed by atoms with van der Waals surface area (Å²) >= 11 is 1.68. The molecule has 2 aromatic carbocycles. The Morgan fingerprint density at radius 1 is 1.00 bits per heavy atom. The molecule has 0 saturated heterocycles. The molecule has 0 atom stereocenters. The van der Waals surface area contributed by atoms with Gasteiger partial charge < -0.3 is 10.5 Å². The minimum atomic E-state index is 0.721. The Labute approximate surface area is 106 Å². The lowest BCUT2D eigenvalue weighted by atomic mass is 10.2. The predicted molar refractivity (Wildman–Crippen MR) is 72.7 cm³/mol. The van der Waals surface area contributed by atoms with Gasteiger partial charge in [-0.2, -0.15) is 0 Å². The highest BCUT2D eigenvalue weighted by Gasteiger charge is 2.01. The third-order valence-electron chi connectivity index (χ3n) is 2.39. The van der Waals surface area contributed by atoms with E-state index < -0.39 is 0 Å². The van der Waals surface area contributed by atoms with Gasteiger partial charge in [0.25, 0.3) is 0 Å². The topological polar surface area (TPSA) is 35.2 Å². The number of rotatable bonds is 3. The third-order valence-corrected chi connectivity index (χ3v) is 3.37. The van der Waals surface area contributed by atoms with E-state index in [2.05, 4.69) is 31.2 Å². The van der Waals surface area contributed by atoms with Crippen LogP contribution in [-0.4, -0.2) is 7.11 Å². The van der Waals surface area contributed by atoms with E-state index in [1.165, 1.54) is 10.5 Å². The molecule has 0 amide bonds. The number of hydrogen-bond donors (Lipinski definition) is 1. The molecular formula is C14H15NOS. The van der Waals surface area contributed by atoms with Gasteiger partial charge in [-0.25, -0.2) is 0 Å². The molecule has 3 heteroatoms. The fraction of sp³-hybridized carbons (Fsp3) is 0.143. The number of methoxy groups -OCH3 is 1. The largest absolute Gasteiger partial charge is 0.497 e. The first-order valence-corrected chi connectivity index (χ1v) is 6.18. The van der Waals surface area contributed by atoms with Gasteiger partial charge in [-0.15, -0.1) is 0 Å². The van der Waals surface area contributed by atoms with Gasteiger partial charge in [-0.1, -0.05) is 29.5 Å². The van der Waals surface area contributed by atoms with E-state index in [9.17, 15) is 0 Å². The van der Waals surface area contributed by atoms with Gasteiger partial charge in [-0.3, -0.25) is 0 Å². The van der Waals surface area contributed by atoms with E-state index >= 15 is 0 Å². The number of ether oxygens (including phenoxy) is 1. The van der Waals surface area contributed by atoms with Crippen molar-refractivity contribution in [3.05, 3.63) is 48.0 Å². The zero-order chi connectivity index (χ0) is 12.3. The van der Waals surface area contributed by atoms with Crippen molar-refractivity contribution in [3.63, 3.8) is 0 Å². The summed E-state index contributed by atoms with van der Waals surface area (Å²) in [7, 11) is 1.65. The summed E-state index contributed by atoms with van der Waals surface area (Å²) in [5, 5.41) is 0. The monoisotopic (exact) mass is 245 g/mol. The van der Waals surface area contributed by atoms with E-state index in [1.54, 1.807) is 18.9 Å². The molecule has 2 N–H and O–H groups in total. The highest BCUT2D eigenvalue weighted by atomic mass is 32.2. The Hall–Kier alpha value is -1.61. The predicted octanol–water partition coefficient (Wildman–Crippen LogP) is 3.74. The second-order valence-corrected chi connectivity index (χ2v) is 5.00. The van der Waals surface area contributed by atoms with Crippen molar-refractivity contribution < 1.29 is 4.74 Å². The Kier molecular flexibility index (Phi) is 3.59. The normalized spacial score (nSPS) is 10.2. The lowest BCUT2D eigenvalue weighted by Crippen LogP contribution is -1.89. The van der Waals surface area contributed by atoms with Crippen LogP contribution in [0.5, 0.6) is 5.75 Å². The van der Waals surface area contributed by atoms with E-state index in [0.29, 0.717) is 0 Å². The first-order valence-electron chi connectivity index (χ1n) is 5.36. The zero-order valence-electron chi connectivity index (χ0n) is 9.94. The Bertz CT molecular complexity index is 508. The molecule has 0 saturated carbocycles. The highest BCUT2D eigenvalue weighted by molar-refractivity contribution is 7.99. The van der Waals surface area contributed by atoms with Crippen LogP contribution in [0, 0.1) is 6.92 Å². The first kappa shape index (κ1) is 11.9. The average molecular weight is 245 g/mol. The Balaban J connectivity index is 2.23. The van der Waals surface area contributed by atoms with Crippen molar-refractivity contribution in [2.24, 2.45) is 0 Å². The molecule has 2 rings (SSSR count). The van der Waals surface area contributed by atoms with Gasteiger partial charge in [0.1, 0.15) is 5.75 Å². The van der Waals surface area contributed by atoms with Crippen LogP contribution < -0.4 is 10.5 Å². The third kappa shape index (κ3) is 3.17. The molecule has 0 fully saturated rings. The molecule has 2 aromatic rings. The molecule has 0 aliphatic rings. The smallest absolute Gasteiger partial charge is 0.122 e. The molecule has 0 unspecified atom stereocenters. The van der Waals surface area contributed by atoms with Crippen LogP contribution >= 0.6 is 11.8 Å². The molecule has 0 spiro atoms. The molecule has 0 heterocycles. The van der Waals surface area contributed by atoms with Crippen LogP contribution in [-0.2, 0) is 0 Å². The van der Waals surface area contributed by atoms with E-state index in [0.717, 1.165) is 16.3 Å². The van der Waals surface area contributed by atoms with E-state index in [4.69, 9.17) is 10.5 Å². The number of nitrogen functional groups attached to an aromatic ring is 1. The van der Waals surface area contributed by atoms with Gasteiger partial charge in [-0.05, 0) is 31.2 Å². The molecule has 0 aromatic heterocycles. The minimum Gasteiger partial charge on any atom is -0.497 e. The van der Waals surface area contributed by atoms with Gasteiger partial charge in [0.2, 0.25) is 0 Å². The second-order valence-electron chi connectivity index (χ2n) is 3.86. The van der Waals surface area contributed by atoms with Gasteiger partial charge in [0.15, 0.2) is 0 Å². The molecule has 88 valence electrons. The second kappa shape index (κ2) is 5.15. The molecule has 0 radical (unpaired) electrons. The van der Waals surface area contributed by atoms with Crippen molar-refractivity contribution in [3.8, 4) is 5.75 Å². The Morgan fingerprint density at radius 2 is 1.71 bits per heavy atom. The van der Waals surface area contributed by atoms with Crippen LogP contribution in [0.25, 0.3) is 0 Å². The lowest BCUT2D eigenvalue weighted by molar-refractivity contribution is 0.414. The summed E-state index contributed by atoms with van der Waals surface area (Å²) < 4.78 is 5.20. The molecule has 0 aliphatic carbocycles. The summed E-state index contributed by atoms with van der Waals surface area (Å²) in [6.07, 6.45) is 0. The number of hydrogen-bond acceptors (Lipinski definition) is 3. The van der Waals surface area contributed by atoms with Crippen molar-refractivity contribution in [1.82, 2.24) is 0 Å². The van der Waals surface area contributed by atoms with Crippen molar-refractivity contribution >= 4 is 17.4 Å². The molecular weight excluding hydrogens is 230 g/mol. The summed E-state index contributed by atoms with van der Waals surface area (Å²) in [6.45, 7) is 2.08. The maximum absolute atomic E-state index is 5.82. The van der Waals surface area contributed by atoms with E-state index in [1.807, 2.05) is 18.2 Å². The van der Waals surface area contributed by atoms with Crippen LogP contribution in [0.15, 0.2) is 52.3 Å².